The van der Waals surface area contributed by atoms with Crippen molar-refractivity contribution in [2.45, 2.75) is 6.04 Å². The maximum absolute atomic E-state index is 13.1. The van der Waals surface area contributed by atoms with Crippen molar-refractivity contribution in [2.75, 3.05) is 45.2 Å². The molecule has 1 atom stereocenters. The van der Waals surface area contributed by atoms with Crippen LogP contribution in [-0.4, -0.2) is 56.0 Å². The fraction of sp³-hybridized carbons (Fsp3) is 0.269. The van der Waals surface area contributed by atoms with Gasteiger partial charge in [-0.25, -0.2) is 0 Å². The van der Waals surface area contributed by atoms with Crippen molar-refractivity contribution in [3.05, 3.63) is 100 Å². The number of carbonyl (C=O) groups excluding carboxylic acids is 1. The molecule has 160 valence electrons. The second-order valence-electron chi connectivity index (χ2n) is 8.14. The van der Waals surface area contributed by atoms with Crippen LogP contribution in [0.2, 0.25) is 0 Å². The van der Waals surface area contributed by atoms with E-state index in [-0.39, 0.29) is 11.9 Å². The highest BCUT2D eigenvalue weighted by atomic mass is 79.9. The van der Waals surface area contributed by atoms with Gasteiger partial charge < -0.3 is 9.80 Å². The number of hydrogen-bond acceptors (Lipinski definition) is 3. The number of piperazine rings is 1. The Bertz CT molecular complexity index is 1010. The second kappa shape index (κ2) is 9.67. The normalized spacial score (nSPS) is 15.5. The van der Waals surface area contributed by atoms with Gasteiger partial charge in [-0.2, -0.15) is 0 Å². The van der Waals surface area contributed by atoms with Gasteiger partial charge in [-0.05, 0) is 41.5 Å². The molecular formula is C26H28BrN3O. The Morgan fingerprint density at radius 3 is 2.13 bits per heavy atom. The van der Waals surface area contributed by atoms with Crippen LogP contribution in [0.15, 0.2) is 83.3 Å². The van der Waals surface area contributed by atoms with Crippen molar-refractivity contribution in [2.24, 2.45) is 0 Å². The topological polar surface area (TPSA) is 26.8 Å². The number of halogens is 1. The van der Waals surface area contributed by atoms with Gasteiger partial charge in [0.05, 0.1) is 6.04 Å². The summed E-state index contributed by atoms with van der Waals surface area (Å²) in [4.78, 5) is 19.6. The Hall–Kier alpha value is -2.63. The Morgan fingerprint density at radius 1 is 0.839 bits per heavy atom. The quantitative estimate of drug-likeness (QED) is 0.513. The highest BCUT2D eigenvalue weighted by molar-refractivity contribution is 9.10. The SMILES string of the molecule is CN(C)c1cccc(C(=O)N2CCN([C@@H](c3ccccc3)c3ccc(Br)cc3)CC2)c1. The second-order valence-corrected chi connectivity index (χ2v) is 9.05. The summed E-state index contributed by atoms with van der Waals surface area (Å²) >= 11 is 3.55. The molecule has 4 rings (SSSR count). The summed E-state index contributed by atoms with van der Waals surface area (Å²) in [5.74, 6) is 0.114. The van der Waals surface area contributed by atoms with Crippen molar-refractivity contribution in [3.63, 3.8) is 0 Å². The minimum Gasteiger partial charge on any atom is -0.378 e. The highest BCUT2D eigenvalue weighted by Gasteiger charge is 2.28. The summed E-state index contributed by atoms with van der Waals surface area (Å²) in [5.41, 5.74) is 4.35. The highest BCUT2D eigenvalue weighted by Crippen LogP contribution is 2.30. The predicted octanol–water partition coefficient (Wildman–Crippen LogP) is 5.06. The first kappa shape index (κ1) is 21.6. The van der Waals surface area contributed by atoms with Gasteiger partial charge in [0, 0.05) is 56.0 Å². The van der Waals surface area contributed by atoms with Gasteiger partial charge in [-0.1, -0.05) is 64.5 Å². The maximum Gasteiger partial charge on any atom is 0.254 e. The minimum atomic E-state index is 0.114. The first-order valence-corrected chi connectivity index (χ1v) is 11.4. The standard InChI is InChI=1S/C26H28BrN3O/c1-28(2)24-10-6-9-22(19-24)26(31)30-17-15-29(16-18-30)25(20-7-4-3-5-8-20)21-11-13-23(27)14-12-21/h3-14,19,25H,15-18H2,1-2H3/t25-/m0/s1. The van der Waals surface area contributed by atoms with Gasteiger partial charge in [0.15, 0.2) is 0 Å². The maximum atomic E-state index is 13.1. The van der Waals surface area contributed by atoms with Gasteiger partial charge in [-0.15, -0.1) is 0 Å². The van der Waals surface area contributed by atoms with Crippen molar-refractivity contribution in [1.29, 1.82) is 0 Å². The molecule has 0 saturated carbocycles. The Morgan fingerprint density at radius 2 is 1.48 bits per heavy atom. The third-order valence-corrected chi connectivity index (χ3v) is 6.41. The predicted molar refractivity (Wildman–Crippen MR) is 131 cm³/mol. The van der Waals surface area contributed by atoms with E-state index in [1.807, 2.05) is 48.2 Å². The van der Waals surface area contributed by atoms with Gasteiger partial charge in [-0.3, -0.25) is 9.69 Å². The van der Waals surface area contributed by atoms with Crippen LogP contribution in [0, 0.1) is 0 Å². The zero-order chi connectivity index (χ0) is 21.8. The lowest BCUT2D eigenvalue weighted by Gasteiger charge is -2.40. The lowest BCUT2D eigenvalue weighted by atomic mass is 9.96. The van der Waals surface area contributed by atoms with Crippen molar-refractivity contribution < 1.29 is 4.79 Å². The smallest absolute Gasteiger partial charge is 0.254 e. The largest absolute Gasteiger partial charge is 0.378 e. The van der Waals surface area contributed by atoms with Gasteiger partial charge >= 0.3 is 0 Å². The molecule has 0 aromatic heterocycles. The van der Waals surface area contributed by atoms with Crippen LogP contribution in [0.1, 0.15) is 27.5 Å². The Kier molecular flexibility index (Phi) is 6.73. The third kappa shape index (κ3) is 5.00. The average molecular weight is 478 g/mol. The van der Waals surface area contributed by atoms with Crippen LogP contribution in [0.4, 0.5) is 5.69 Å². The average Bonchev–Trinajstić information content (AvgIpc) is 2.81. The number of nitrogens with zero attached hydrogens (tertiary/aromatic N) is 3. The van der Waals surface area contributed by atoms with Crippen molar-refractivity contribution in [1.82, 2.24) is 9.80 Å². The summed E-state index contributed by atoms with van der Waals surface area (Å²) in [6.45, 7) is 3.14. The molecule has 1 fully saturated rings. The molecule has 0 unspecified atom stereocenters. The molecule has 1 aliphatic rings. The van der Waals surface area contributed by atoms with Crippen molar-refractivity contribution >= 4 is 27.5 Å². The van der Waals surface area contributed by atoms with E-state index in [1.54, 1.807) is 0 Å². The summed E-state index contributed by atoms with van der Waals surface area (Å²) < 4.78 is 1.08. The third-order valence-electron chi connectivity index (χ3n) is 5.88. The molecule has 4 nitrogen and oxygen atoms in total. The van der Waals surface area contributed by atoms with E-state index in [0.717, 1.165) is 41.9 Å². The van der Waals surface area contributed by atoms with Crippen LogP contribution < -0.4 is 4.90 Å². The van der Waals surface area contributed by atoms with Gasteiger partial charge in [0.25, 0.3) is 5.91 Å². The molecule has 31 heavy (non-hydrogen) atoms. The number of rotatable bonds is 5. The van der Waals surface area contributed by atoms with E-state index in [9.17, 15) is 4.79 Å². The Labute approximate surface area is 193 Å². The molecule has 3 aromatic rings. The molecule has 1 saturated heterocycles. The molecule has 0 bridgehead atoms. The lowest BCUT2D eigenvalue weighted by molar-refractivity contribution is 0.0597. The monoisotopic (exact) mass is 477 g/mol. The molecule has 5 heteroatoms. The number of anilines is 1. The summed E-state index contributed by atoms with van der Waals surface area (Å²) in [7, 11) is 3.99. The molecule has 1 heterocycles. The fourth-order valence-electron chi connectivity index (χ4n) is 4.18. The molecule has 1 aliphatic heterocycles. The summed E-state index contributed by atoms with van der Waals surface area (Å²) in [6.07, 6.45) is 0. The van der Waals surface area contributed by atoms with E-state index in [0.29, 0.717) is 0 Å². The van der Waals surface area contributed by atoms with E-state index < -0.39 is 0 Å². The van der Waals surface area contributed by atoms with Gasteiger partial charge in [0.2, 0.25) is 0 Å². The van der Waals surface area contributed by atoms with Crippen LogP contribution in [0.25, 0.3) is 0 Å². The molecular weight excluding hydrogens is 450 g/mol. The first-order chi connectivity index (χ1) is 15.0. The van der Waals surface area contributed by atoms with E-state index in [2.05, 4.69) is 75.4 Å². The van der Waals surface area contributed by atoms with Crippen molar-refractivity contribution in [3.8, 4) is 0 Å². The van der Waals surface area contributed by atoms with E-state index in [1.165, 1.54) is 11.1 Å². The molecule has 0 spiro atoms. The molecule has 1 amide bonds. The minimum absolute atomic E-state index is 0.114. The summed E-state index contributed by atoms with van der Waals surface area (Å²) in [6, 6.07) is 27.3. The summed E-state index contributed by atoms with van der Waals surface area (Å²) in [5, 5.41) is 0. The Balaban J connectivity index is 1.51. The molecule has 0 aliphatic carbocycles. The van der Waals surface area contributed by atoms with E-state index in [4.69, 9.17) is 0 Å². The number of benzene rings is 3. The van der Waals surface area contributed by atoms with E-state index >= 15 is 0 Å². The first-order valence-electron chi connectivity index (χ1n) is 10.6. The molecule has 0 N–H and O–H groups in total. The molecule has 0 radical (unpaired) electrons. The van der Waals surface area contributed by atoms with Crippen LogP contribution in [0.5, 0.6) is 0 Å². The zero-order valence-corrected chi connectivity index (χ0v) is 19.6. The zero-order valence-electron chi connectivity index (χ0n) is 18.0. The van der Waals surface area contributed by atoms with Crippen LogP contribution in [-0.2, 0) is 0 Å². The van der Waals surface area contributed by atoms with Crippen LogP contribution in [0.3, 0.4) is 0 Å². The number of hydrogen-bond donors (Lipinski definition) is 0. The van der Waals surface area contributed by atoms with Crippen LogP contribution >= 0.6 is 15.9 Å². The number of carbonyl (C=O) groups is 1. The fourth-order valence-corrected chi connectivity index (χ4v) is 4.44. The van der Waals surface area contributed by atoms with Gasteiger partial charge in [0.1, 0.15) is 0 Å². The lowest BCUT2D eigenvalue weighted by Crippen LogP contribution is -2.49. The molecule has 3 aromatic carbocycles. The number of amides is 1.